The van der Waals surface area contributed by atoms with Crippen LogP contribution in [0, 0.1) is 0 Å². The van der Waals surface area contributed by atoms with Crippen LogP contribution in [0.15, 0.2) is 51.7 Å². The van der Waals surface area contributed by atoms with Gasteiger partial charge < -0.3 is 19.2 Å². The maximum atomic E-state index is 12.9. The summed E-state index contributed by atoms with van der Waals surface area (Å²) in [5, 5.41) is 12.2. The molecule has 0 spiro atoms. The maximum absolute atomic E-state index is 12.9. The Hall–Kier alpha value is -2.38. The van der Waals surface area contributed by atoms with Gasteiger partial charge >= 0.3 is 0 Å². The highest BCUT2D eigenvalue weighted by Crippen LogP contribution is 2.40. The number of furan rings is 1. The number of nitrogens with zero attached hydrogens (tertiary/aromatic N) is 1. The van der Waals surface area contributed by atoms with Gasteiger partial charge in [-0.15, -0.1) is 11.3 Å². The second kappa shape index (κ2) is 6.50. The fourth-order valence-corrected chi connectivity index (χ4v) is 4.04. The Morgan fingerprint density at radius 3 is 2.88 bits per heavy atom. The third kappa shape index (κ3) is 2.79. The number of aliphatic hydroxyl groups is 1. The molecule has 1 amide bonds. The molecule has 2 atom stereocenters. The summed E-state index contributed by atoms with van der Waals surface area (Å²) in [6.07, 6.45) is 3.19. The molecule has 2 unspecified atom stereocenters. The van der Waals surface area contributed by atoms with Gasteiger partial charge in [0.05, 0.1) is 22.8 Å². The second-order valence-corrected chi connectivity index (χ2v) is 7.03. The van der Waals surface area contributed by atoms with E-state index >= 15 is 0 Å². The number of Topliss-reactive ketones (excluding diaryl/α,β-unsaturated/α-hetero) is 1. The van der Waals surface area contributed by atoms with Gasteiger partial charge in [0.15, 0.2) is 5.76 Å². The molecule has 2 aliphatic rings. The molecule has 6 nitrogen and oxygen atoms in total. The molecule has 130 valence electrons. The molecular formula is C18H17NO5S. The molecule has 0 bridgehead atoms. The number of amides is 1. The minimum absolute atomic E-state index is 0.0698. The quantitative estimate of drug-likeness (QED) is 0.830. The molecule has 1 fully saturated rings. The average molecular weight is 359 g/mol. The predicted molar refractivity (Wildman–Crippen MR) is 90.4 cm³/mol. The van der Waals surface area contributed by atoms with Gasteiger partial charge in [0.2, 0.25) is 5.78 Å². The fraction of sp³-hybridized carbons (Fsp3) is 0.333. The van der Waals surface area contributed by atoms with Gasteiger partial charge in [0.1, 0.15) is 11.8 Å². The van der Waals surface area contributed by atoms with Crippen LogP contribution in [0.1, 0.15) is 34.3 Å². The molecule has 2 aliphatic heterocycles. The lowest BCUT2D eigenvalue weighted by Gasteiger charge is -2.27. The van der Waals surface area contributed by atoms with E-state index < -0.39 is 17.7 Å². The topological polar surface area (TPSA) is 80.0 Å². The summed E-state index contributed by atoms with van der Waals surface area (Å²) in [4.78, 5) is 27.5. The van der Waals surface area contributed by atoms with Crippen molar-refractivity contribution in [2.75, 3.05) is 13.2 Å². The van der Waals surface area contributed by atoms with Gasteiger partial charge in [0, 0.05) is 13.2 Å². The standard InChI is InChI=1S/C18H17NO5S/c20-16(13-6-3-9-25-13)14-15(12-5-2-8-24-12)19(18(22)17(14)21)10-11-4-1-7-23-11/h2-3,5-6,8-9,11,15,21H,1,4,7,10H2. The van der Waals surface area contributed by atoms with E-state index in [0.717, 1.165) is 12.8 Å². The molecule has 1 saturated heterocycles. The summed E-state index contributed by atoms with van der Waals surface area (Å²) in [6, 6.07) is 6.12. The first-order valence-electron chi connectivity index (χ1n) is 8.14. The summed E-state index contributed by atoms with van der Waals surface area (Å²) < 4.78 is 11.1. The van der Waals surface area contributed by atoms with E-state index in [-0.39, 0.29) is 17.5 Å². The Balaban J connectivity index is 1.72. The van der Waals surface area contributed by atoms with E-state index in [1.807, 2.05) is 0 Å². The number of carbonyl (C=O) groups is 2. The van der Waals surface area contributed by atoms with Gasteiger partial charge in [-0.3, -0.25) is 9.59 Å². The Morgan fingerprint density at radius 2 is 2.24 bits per heavy atom. The molecular weight excluding hydrogens is 342 g/mol. The summed E-state index contributed by atoms with van der Waals surface area (Å²) in [5.74, 6) is -0.956. The zero-order chi connectivity index (χ0) is 17.4. The predicted octanol–water partition coefficient (Wildman–Crippen LogP) is 3.10. The Bertz CT molecular complexity index is 803. The van der Waals surface area contributed by atoms with Crippen LogP contribution in [0.4, 0.5) is 0 Å². The summed E-state index contributed by atoms with van der Waals surface area (Å²) >= 11 is 1.27. The van der Waals surface area contributed by atoms with Crippen molar-refractivity contribution in [3.63, 3.8) is 0 Å². The minimum Gasteiger partial charge on any atom is -0.503 e. The van der Waals surface area contributed by atoms with Gasteiger partial charge in [0.25, 0.3) is 5.91 Å². The van der Waals surface area contributed by atoms with Gasteiger partial charge in [-0.25, -0.2) is 0 Å². The summed E-state index contributed by atoms with van der Waals surface area (Å²) in [7, 11) is 0. The van der Waals surface area contributed by atoms with Crippen LogP contribution >= 0.6 is 11.3 Å². The first kappa shape index (κ1) is 16.1. The van der Waals surface area contributed by atoms with Crippen molar-refractivity contribution >= 4 is 23.0 Å². The molecule has 0 aromatic carbocycles. The van der Waals surface area contributed by atoms with E-state index in [0.29, 0.717) is 23.8 Å². The van der Waals surface area contributed by atoms with Crippen molar-refractivity contribution in [1.29, 1.82) is 0 Å². The van der Waals surface area contributed by atoms with E-state index in [1.165, 1.54) is 22.5 Å². The number of rotatable bonds is 5. The molecule has 1 N–H and O–H groups in total. The first-order valence-corrected chi connectivity index (χ1v) is 9.02. The molecule has 25 heavy (non-hydrogen) atoms. The smallest absolute Gasteiger partial charge is 0.290 e. The Labute approximate surface area is 148 Å². The average Bonchev–Trinajstić information content (AvgIpc) is 3.39. The normalized spacial score (nSPS) is 23.7. The van der Waals surface area contributed by atoms with E-state index in [9.17, 15) is 14.7 Å². The lowest BCUT2D eigenvalue weighted by Crippen LogP contribution is -2.37. The van der Waals surface area contributed by atoms with Crippen molar-refractivity contribution < 1.29 is 23.8 Å². The highest BCUT2D eigenvalue weighted by atomic mass is 32.1. The number of hydrogen-bond donors (Lipinski definition) is 1. The number of thiophene rings is 1. The third-order valence-electron chi connectivity index (χ3n) is 4.53. The van der Waals surface area contributed by atoms with Crippen molar-refractivity contribution in [2.45, 2.75) is 25.0 Å². The molecule has 0 saturated carbocycles. The number of aliphatic hydroxyl groups excluding tert-OH is 1. The molecule has 2 aromatic heterocycles. The van der Waals surface area contributed by atoms with Crippen molar-refractivity contribution in [3.05, 3.63) is 57.9 Å². The van der Waals surface area contributed by atoms with E-state index in [1.54, 1.807) is 29.6 Å². The monoisotopic (exact) mass is 359 g/mol. The number of ether oxygens (including phenoxy) is 1. The van der Waals surface area contributed by atoms with Crippen LogP contribution in [0.5, 0.6) is 0 Å². The van der Waals surface area contributed by atoms with Crippen molar-refractivity contribution in [2.24, 2.45) is 0 Å². The minimum atomic E-state index is -0.735. The largest absolute Gasteiger partial charge is 0.503 e. The van der Waals surface area contributed by atoms with Crippen LogP contribution < -0.4 is 0 Å². The molecule has 0 radical (unpaired) electrons. The molecule has 4 rings (SSSR count). The lowest BCUT2D eigenvalue weighted by molar-refractivity contribution is -0.131. The molecule has 0 aliphatic carbocycles. The van der Waals surface area contributed by atoms with Gasteiger partial charge in [-0.05, 0) is 36.4 Å². The number of ketones is 1. The maximum Gasteiger partial charge on any atom is 0.290 e. The Kier molecular flexibility index (Phi) is 4.19. The highest BCUT2D eigenvalue weighted by molar-refractivity contribution is 7.12. The van der Waals surface area contributed by atoms with E-state index in [4.69, 9.17) is 9.15 Å². The highest BCUT2D eigenvalue weighted by Gasteiger charge is 2.46. The number of hydrogen-bond acceptors (Lipinski definition) is 6. The first-order chi connectivity index (χ1) is 12.2. The van der Waals surface area contributed by atoms with Crippen LogP contribution in [0.3, 0.4) is 0 Å². The van der Waals surface area contributed by atoms with Crippen LogP contribution in [-0.2, 0) is 9.53 Å². The fourth-order valence-electron chi connectivity index (χ4n) is 3.36. The zero-order valence-corrected chi connectivity index (χ0v) is 14.2. The number of carbonyl (C=O) groups excluding carboxylic acids is 2. The SMILES string of the molecule is O=C(C1=C(O)C(=O)N(CC2CCCO2)C1c1ccco1)c1cccs1. The second-order valence-electron chi connectivity index (χ2n) is 6.08. The zero-order valence-electron chi connectivity index (χ0n) is 13.4. The van der Waals surface area contributed by atoms with Crippen molar-refractivity contribution in [3.8, 4) is 0 Å². The van der Waals surface area contributed by atoms with Crippen LogP contribution in [-0.4, -0.2) is 41.0 Å². The lowest BCUT2D eigenvalue weighted by atomic mass is 10.00. The van der Waals surface area contributed by atoms with Gasteiger partial charge in [-0.2, -0.15) is 0 Å². The van der Waals surface area contributed by atoms with Crippen LogP contribution in [0.25, 0.3) is 0 Å². The summed E-state index contributed by atoms with van der Waals surface area (Å²) in [5.41, 5.74) is 0.0698. The Morgan fingerprint density at radius 1 is 1.36 bits per heavy atom. The molecule has 4 heterocycles. The third-order valence-corrected chi connectivity index (χ3v) is 5.40. The van der Waals surface area contributed by atoms with Crippen molar-refractivity contribution in [1.82, 2.24) is 4.90 Å². The summed E-state index contributed by atoms with van der Waals surface area (Å²) in [6.45, 7) is 0.980. The molecule has 2 aromatic rings. The van der Waals surface area contributed by atoms with Crippen LogP contribution in [0.2, 0.25) is 0 Å². The molecule has 7 heteroatoms. The van der Waals surface area contributed by atoms with E-state index in [2.05, 4.69) is 0 Å². The van der Waals surface area contributed by atoms with Gasteiger partial charge in [-0.1, -0.05) is 6.07 Å².